The Hall–Kier alpha value is -0.990. The molecule has 1 amide bonds. The van der Waals surface area contributed by atoms with Gasteiger partial charge >= 0.3 is 0 Å². The van der Waals surface area contributed by atoms with E-state index in [1.54, 1.807) is 6.07 Å². The van der Waals surface area contributed by atoms with E-state index >= 15 is 0 Å². The number of carbonyl (C=O) groups excluding carboxylic acids is 1. The molecule has 1 heterocycles. The summed E-state index contributed by atoms with van der Waals surface area (Å²) >= 11 is 7.71. The number of carbonyl (C=O) groups is 1. The van der Waals surface area contributed by atoms with Crippen molar-refractivity contribution in [2.24, 2.45) is 0 Å². The quantitative estimate of drug-likeness (QED) is 0.843. The van der Waals surface area contributed by atoms with E-state index in [4.69, 9.17) is 5.73 Å². The van der Waals surface area contributed by atoms with E-state index < -0.39 is 0 Å². The molecule has 1 aromatic carbocycles. The molecule has 8 heteroatoms. The summed E-state index contributed by atoms with van der Waals surface area (Å²) in [7, 11) is 0. The Labute approximate surface area is 118 Å². The maximum Gasteiger partial charge on any atom is 0.286 e. The zero-order valence-electron chi connectivity index (χ0n) is 8.28. The van der Waals surface area contributed by atoms with E-state index in [9.17, 15) is 4.79 Å². The van der Waals surface area contributed by atoms with Gasteiger partial charge in [-0.1, -0.05) is 27.3 Å². The third-order valence-electron chi connectivity index (χ3n) is 1.81. The molecule has 0 saturated carbocycles. The third kappa shape index (κ3) is 3.02. The van der Waals surface area contributed by atoms with Crippen LogP contribution in [0.1, 0.15) is 9.80 Å². The smallest absolute Gasteiger partial charge is 0.286 e. The van der Waals surface area contributed by atoms with Crippen LogP contribution in [-0.4, -0.2) is 16.1 Å². The van der Waals surface area contributed by atoms with Crippen LogP contribution in [0.15, 0.2) is 27.1 Å². The van der Waals surface area contributed by atoms with E-state index in [-0.39, 0.29) is 16.0 Å². The number of rotatable bonds is 2. The molecule has 0 aliphatic carbocycles. The average Bonchev–Trinajstić information content (AvgIpc) is 2.70. The van der Waals surface area contributed by atoms with Crippen LogP contribution in [-0.2, 0) is 0 Å². The van der Waals surface area contributed by atoms with Crippen molar-refractivity contribution in [2.75, 3.05) is 11.1 Å². The third-order valence-corrected chi connectivity index (χ3v) is 3.75. The first kappa shape index (κ1) is 12.5. The first-order valence-corrected chi connectivity index (χ1v) is 6.82. The molecule has 0 unspecified atom stereocenters. The van der Waals surface area contributed by atoms with Gasteiger partial charge in [-0.15, -0.1) is 10.2 Å². The van der Waals surface area contributed by atoms with Gasteiger partial charge in [-0.3, -0.25) is 4.79 Å². The van der Waals surface area contributed by atoms with Gasteiger partial charge in [0.05, 0.1) is 5.69 Å². The summed E-state index contributed by atoms with van der Waals surface area (Å²) < 4.78 is 1.65. The second-order valence-electron chi connectivity index (χ2n) is 3.02. The number of hydrogen-bond donors (Lipinski definition) is 2. The number of benzene rings is 1. The van der Waals surface area contributed by atoms with Gasteiger partial charge in [0.2, 0.25) is 10.1 Å². The van der Waals surface area contributed by atoms with Crippen molar-refractivity contribution in [1.82, 2.24) is 10.2 Å². The highest BCUT2D eigenvalue weighted by atomic mass is 79.9. The Morgan fingerprint density at radius 2 is 2.12 bits per heavy atom. The topological polar surface area (TPSA) is 80.9 Å². The van der Waals surface area contributed by atoms with E-state index in [1.807, 2.05) is 12.1 Å². The van der Waals surface area contributed by atoms with Crippen LogP contribution in [0, 0.1) is 0 Å². The lowest BCUT2D eigenvalue weighted by Crippen LogP contribution is -2.12. The molecule has 5 nitrogen and oxygen atoms in total. The number of hydrogen-bond acceptors (Lipinski definition) is 5. The Morgan fingerprint density at radius 3 is 2.76 bits per heavy atom. The van der Waals surface area contributed by atoms with E-state index in [1.165, 1.54) is 0 Å². The number of aromatic nitrogens is 2. The Kier molecular flexibility index (Phi) is 3.75. The fourth-order valence-corrected chi connectivity index (χ4v) is 2.31. The van der Waals surface area contributed by atoms with Gasteiger partial charge in [0, 0.05) is 8.95 Å². The summed E-state index contributed by atoms with van der Waals surface area (Å²) in [6.07, 6.45) is 0. The molecule has 17 heavy (non-hydrogen) atoms. The molecule has 0 spiro atoms. The summed E-state index contributed by atoms with van der Waals surface area (Å²) in [4.78, 5) is 11.8. The number of nitrogens with one attached hydrogen (secondary N) is 1. The summed E-state index contributed by atoms with van der Waals surface area (Å²) in [5.41, 5.74) is 6.06. The molecule has 3 N–H and O–H groups in total. The highest BCUT2D eigenvalue weighted by molar-refractivity contribution is 9.11. The lowest BCUT2D eigenvalue weighted by Gasteiger charge is -2.05. The van der Waals surface area contributed by atoms with E-state index in [2.05, 4.69) is 47.4 Å². The molecule has 0 radical (unpaired) electrons. The minimum Gasteiger partial charge on any atom is -0.374 e. The van der Waals surface area contributed by atoms with E-state index in [0.717, 1.165) is 20.3 Å². The van der Waals surface area contributed by atoms with Gasteiger partial charge in [-0.25, -0.2) is 0 Å². The monoisotopic (exact) mass is 376 g/mol. The number of anilines is 2. The highest BCUT2D eigenvalue weighted by Crippen LogP contribution is 2.26. The fourth-order valence-electron chi connectivity index (χ4n) is 1.10. The number of nitrogens with zero attached hydrogens (tertiary/aromatic N) is 2. The Balaban J connectivity index is 2.21. The molecule has 0 aliphatic rings. The van der Waals surface area contributed by atoms with Crippen molar-refractivity contribution in [3.05, 3.63) is 32.2 Å². The second kappa shape index (κ2) is 5.11. The SMILES string of the molecule is Nc1nnc(C(=O)Nc2cc(Br)ccc2Br)s1. The zero-order valence-corrected chi connectivity index (χ0v) is 12.3. The minimum atomic E-state index is -0.335. The number of halogens is 2. The summed E-state index contributed by atoms with van der Waals surface area (Å²) in [5, 5.41) is 10.5. The van der Waals surface area contributed by atoms with Crippen molar-refractivity contribution in [3.8, 4) is 0 Å². The van der Waals surface area contributed by atoms with Crippen LogP contribution < -0.4 is 11.1 Å². The van der Waals surface area contributed by atoms with Crippen molar-refractivity contribution in [3.63, 3.8) is 0 Å². The fraction of sp³-hybridized carbons (Fsp3) is 0. The van der Waals surface area contributed by atoms with Crippen LogP contribution in [0.25, 0.3) is 0 Å². The van der Waals surface area contributed by atoms with Crippen molar-refractivity contribution < 1.29 is 4.79 Å². The average molecular weight is 378 g/mol. The predicted molar refractivity (Wildman–Crippen MR) is 74.1 cm³/mol. The molecule has 0 atom stereocenters. The van der Waals surface area contributed by atoms with Gasteiger partial charge in [0.1, 0.15) is 0 Å². The molecule has 0 bridgehead atoms. The minimum absolute atomic E-state index is 0.231. The van der Waals surface area contributed by atoms with Crippen molar-refractivity contribution in [2.45, 2.75) is 0 Å². The molecule has 2 aromatic rings. The van der Waals surface area contributed by atoms with Gasteiger partial charge in [-0.2, -0.15) is 0 Å². The van der Waals surface area contributed by atoms with Gasteiger partial charge < -0.3 is 11.1 Å². The molecule has 0 aliphatic heterocycles. The highest BCUT2D eigenvalue weighted by Gasteiger charge is 2.13. The maximum absolute atomic E-state index is 11.8. The predicted octanol–water partition coefficient (Wildman–Crippen LogP) is 2.90. The Morgan fingerprint density at radius 1 is 1.35 bits per heavy atom. The first-order valence-electron chi connectivity index (χ1n) is 4.41. The maximum atomic E-state index is 11.8. The number of nitrogens with two attached hydrogens (primary N) is 1. The molecular weight excluding hydrogens is 372 g/mol. The molecular formula is C9H6Br2N4OS. The summed E-state index contributed by atoms with van der Waals surface area (Å²) in [6.45, 7) is 0. The summed E-state index contributed by atoms with van der Waals surface area (Å²) in [5.74, 6) is -0.335. The van der Waals surface area contributed by atoms with Crippen molar-refractivity contribution >= 4 is 59.9 Å². The van der Waals surface area contributed by atoms with Gasteiger partial charge in [0.15, 0.2) is 0 Å². The number of amides is 1. The largest absolute Gasteiger partial charge is 0.374 e. The van der Waals surface area contributed by atoms with E-state index in [0.29, 0.717) is 5.69 Å². The Bertz CT molecular complexity index is 572. The summed E-state index contributed by atoms with van der Waals surface area (Å²) in [6, 6.07) is 5.48. The van der Waals surface area contributed by atoms with Crippen LogP contribution in [0.5, 0.6) is 0 Å². The van der Waals surface area contributed by atoms with Crippen LogP contribution >= 0.6 is 43.2 Å². The van der Waals surface area contributed by atoms with Crippen LogP contribution in [0.3, 0.4) is 0 Å². The molecule has 2 rings (SSSR count). The molecule has 1 aromatic heterocycles. The molecule has 88 valence electrons. The number of nitrogen functional groups attached to an aromatic ring is 1. The molecule has 0 fully saturated rings. The normalized spacial score (nSPS) is 10.2. The van der Waals surface area contributed by atoms with Crippen molar-refractivity contribution in [1.29, 1.82) is 0 Å². The van der Waals surface area contributed by atoms with Gasteiger partial charge in [0.25, 0.3) is 5.91 Å². The zero-order chi connectivity index (χ0) is 12.4. The van der Waals surface area contributed by atoms with Crippen LogP contribution in [0.4, 0.5) is 10.8 Å². The van der Waals surface area contributed by atoms with Gasteiger partial charge in [-0.05, 0) is 34.1 Å². The molecule has 0 saturated heterocycles. The first-order chi connectivity index (χ1) is 8.06. The van der Waals surface area contributed by atoms with Crippen LogP contribution in [0.2, 0.25) is 0 Å². The lowest BCUT2D eigenvalue weighted by atomic mass is 10.3. The second-order valence-corrected chi connectivity index (χ2v) is 5.80. The standard InChI is InChI=1S/C9H6Br2N4OS/c10-4-1-2-5(11)6(3-4)13-7(16)8-14-15-9(12)17-8/h1-3H,(H2,12,15)(H,13,16). The lowest BCUT2D eigenvalue weighted by molar-refractivity contribution is 0.102.